The van der Waals surface area contributed by atoms with Crippen molar-refractivity contribution in [3.63, 3.8) is 0 Å². The largest absolute Gasteiger partial charge is 0.339 e. The van der Waals surface area contributed by atoms with Gasteiger partial charge in [0.1, 0.15) is 5.82 Å². The van der Waals surface area contributed by atoms with Crippen molar-refractivity contribution in [2.24, 2.45) is 0 Å². The van der Waals surface area contributed by atoms with Gasteiger partial charge in [0.2, 0.25) is 11.8 Å². The maximum absolute atomic E-state index is 12.8. The quantitative estimate of drug-likeness (QED) is 0.809. The third-order valence-electron chi connectivity index (χ3n) is 6.16. The molecule has 2 aliphatic heterocycles. The van der Waals surface area contributed by atoms with Gasteiger partial charge in [0.25, 0.3) is 0 Å². The molecule has 5 heteroatoms. The van der Waals surface area contributed by atoms with Gasteiger partial charge in [-0.2, -0.15) is 0 Å². The molecule has 0 bridgehead atoms. The van der Waals surface area contributed by atoms with Crippen molar-refractivity contribution in [2.45, 2.75) is 44.4 Å². The van der Waals surface area contributed by atoms with Gasteiger partial charge in [-0.15, -0.1) is 0 Å². The van der Waals surface area contributed by atoms with E-state index in [0.717, 1.165) is 43.5 Å². The Morgan fingerprint density at radius 2 is 2.00 bits per heavy atom. The molecule has 5 nitrogen and oxygen atoms in total. The van der Waals surface area contributed by atoms with Crippen LogP contribution in [0.25, 0.3) is 6.08 Å². The number of benzene rings is 1. The second-order valence-corrected chi connectivity index (χ2v) is 8.26. The van der Waals surface area contributed by atoms with Crippen LogP contribution in [0.2, 0.25) is 0 Å². The van der Waals surface area contributed by atoms with Crippen LogP contribution in [0.15, 0.2) is 48.7 Å². The van der Waals surface area contributed by atoms with E-state index in [9.17, 15) is 9.59 Å². The van der Waals surface area contributed by atoms with E-state index in [1.165, 1.54) is 5.56 Å². The molecule has 1 saturated heterocycles. The normalized spacial score (nSPS) is 22.1. The van der Waals surface area contributed by atoms with Crippen LogP contribution in [-0.2, 0) is 21.4 Å². The summed E-state index contributed by atoms with van der Waals surface area (Å²) in [7, 11) is 0. The molecule has 1 unspecified atom stereocenters. The zero-order valence-corrected chi connectivity index (χ0v) is 16.9. The van der Waals surface area contributed by atoms with Crippen LogP contribution in [0.4, 0.5) is 5.82 Å². The summed E-state index contributed by atoms with van der Waals surface area (Å²) in [5.74, 6) is 0.693. The zero-order valence-electron chi connectivity index (χ0n) is 16.9. The molecule has 2 aromatic rings. The van der Waals surface area contributed by atoms with E-state index in [1.807, 2.05) is 23.1 Å². The molecule has 3 heterocycles. The lowest BCUT2D eigenvalue weighted by atomic mass is 9.76. The van der Waals surface area contributed by atoms with E-state index in [1.54, 1.807) is 12.3 Å². The number of fused-ring (bicyclic) bond motifs is 1. The second-order valence-electron chi connectivity index (χ2n) is 8.26. The van der Waals surface area contributed by atoms with Crippen molar-refractivity contribution in [1.29, 1.82) is 0 Å². The number of pyridine rings is 1. The highest BCUT2D eigenvalue weighted by Gasteiger charge is 2.30. The van der Waals surface area contributed by atoms with Gasteiger partial charge in [0.05, 0.1) is 0 Å². The smallest absolute Gasteiger partial charge is 0.246 e. The maximum Gasteiger partial charge on any atom is 0.246 e. The molecule has 0 saturated carbocycles. The maximum atomic E-state index is 12.8. The van der Waals surface area contributed by atoms with E-state index in [4.69, 9.17) is 0 Å². The van der Waals surface area contributed by atoms with Crippen LogP contribution >= 0.6 is 0 Å². The summed E-state index contributed by atoms with van der Waals surface area (Å²) in [5.41, 5.74) is 3.38. The average Bonchev–Trinajstić information content (AvgIpc) is 2.95. The number of carbonyl (C=O) groups is 2. The van der Waals surface area contributed by atoms with Crippen molar-refractivity contribution in [1.82, 2.24) is 9.88 Å². The summed E-state index contributed by atoms with van der Waals surface area (Å²) < 4.78 is 0. The summed E-state index contributed by atoms with van der Waals surface area (Å²) in [6, 6.07) is 12.6. The predicted molar refractivity (Wildman–Crippen MR) is 114 cm³/mol. The fourth-order valence-corrected chi connectivity index (χ4v) is 4.27. The van der Waals surface area contributed by atoms with E-state index in [2.05, 4.69) is 41.5 Å². The number of likely N-dealkylation sites (tertiary alicyclic amines) is 1. The summed E-state index contributed by atoms with van der Waals surface area (Å²) in [4.78, 5) is 30.5. The number of nitrogens with zero attached hydrogens (tertiary/aromatic N) is 2. The topological polar surface area (TPSA) is 62.3 Å². The minimum Gasteiger partial charge on any atom is -0.339 e. The third kappa shape index (κ3) is 4.39. The number of aryl methyl sites for hydroxylation is 1. The average molecular weight is 389 g/mol. The summed E-state index contributed by atoms with van der Waals surface area (Å²) in [5, 5.41) is 2.78. The molecule has 0 spiro atoms. The first-order chi connectivity index (χ1) is 14.0. The van der Waals surface area contributed by atoms with Crippen LogP contribution in [0.1, 0.15) is 49.3 Å². The van der Waals surface area contributed by atoms with E-state index in [-0.39, 0.29) is 17.2 Å². The highest BCUT2D eigenvalue weighted by Crippen LogP contribution is 2.35. The molecule has 1 aromatic heterocycles. The number of hydrogen-bond acceptors (Lipinski definition) is 3. The highest BCUT2D eigenvalue weighted by molar-refractivity contribution is 5.93. The molecule has 1 aromatic carbocycles. The Labute approximate surface area is 171 Å². The molecule has 1 fully saturated rings. The first-order valence-corrected chi connectivity index (χ1v) is 10.3. The zero-order chi connectivity index (χ0) is 20.3. The number of nitrogens with one attached hydrogen (secondary N) is 1. The lowest BCUT2D eigenvalue weighted by Crippen LogP contribution is -2.31. The van der Waals surface area contributed by atoms with Crippen LogP contribution in [0.3, 0.4) is 0 Å². The Balaban J connectivity index is 1.41. The molecule has 29 heavy (non-hydrogen) atoms. The Hall–Kier alpha value is -2.95. The van der Waals surface area contributed by atoms with Crippen molar-refractivity contribution in [3.05, 3.63) is 65.4 Å². The lowest BCUT2D eigenvalue weighted by Gasteiger charge is -2.29. The van der Waals surface area contributed by atoms with Crippen LogP contribution in [0.5, 0.6) is 0 Å². The lowest BCUT2D eigenvalue weighted by molar-refractivity contribution is -0.126. The molecule has 0 aliphatic carbocycles. The Morgan fingerprint density at radius 1 is 1.17 bits per heavy atom. The Bertz CT molecular complexity index is 938. The van der Waals surface area contributed by atoms with Crippen molar-refractivity contribution in [2.75, 3.05) is 18.4 Å². The first kappa shape index (κ1) is 19.4. The van der Waals surface area contributed by atoms with Gasteiger partial charge in [-0.25, -0.2) is 4.98 Å². The van der Waals surface area contributed by atoms with Crippen molar-refractivity contribution >= 4 is 23.7 Å². The fourth-order valence-electron chi connectivity index (χ4n) is 4.27. The Morgan fingerprint density at radius 3 is 2.83 bits per heavy atom. The van der Waals surface area contributed by atoms with Gasteiger partial charge < -0.3 is 10.2 Å². The van der Waals surface area contributed by atoms with Crippen LogP contribution in [-0.4, -0.2) is 34.8 Å². The van der Waals surface area contributed by atoms with Gasteiger partial charge in [-0.05, 0) is 59.9 Å². The number of aromatic nitrogens is 1. The predicted octanol–water partition coefficient (Wildman–Crippen LogP) is 3.95. The van der Waals surface area contributed by atoms with Gasteiger partial charge in [-0.3, -0.25) is 9.59 Å². The van der Waals surface area contributed by atoms with Crippen LogP contribution in [0, 0.1) is 0 Å². The van der Waals surface area contributed by atoms with Gasteiger partial charge in [0, 0.05) is 31.8 Å². The first-order valence-electron chi connectivity index (χ1n) is 10.3. The highest BCUT2D eigenvalue weighted by atomic mass is 16.2. The molecular formula is C24H27N3O2. The molecule has 4 rings (SSSR count). The molecule has 2 aliphatic rings. The third-order valence-corrected chi connectivity index (χ3v) is 6.16. The number of amides is 2. The Kier molecular flexibility index (Phi) is 5.47. The standard InChI is InChI=1S/C24H27N3O2/c1-24(20-6-3-2-4-7-20)12-5-14-27(15-13-24)22(29)11-8-18-16-19-9-10-21(28)26-23(19)25-17-18/h2-4,6-8,11,16-17H,5,9-10,12-15H2,1H3,(H,25,26,28)/b11-8+. The summed E-state index contributed by atoms with van der Waals surface area (Å²) in [6.45, 7) is 3.87. The van der Waals surface area contributed by atoms with E-state index >= 15 is 0 Å². The van der Waals surface area contributed by atoms with Gasteiger partial charge >= 0.3 is 0 Å². The SMILES string of the molecule is CC1(c2ccccc2)CCCN(C(=O)/C=C/c2cnc3c(c2)CCC(=O)N3)CC1. The van der Waals surface area contributed by atoms with Crippen molar-refractivity contribution < 1.29 is 9.59 Å². The molecule has 1 atom stereocenters. The van der Waals surface area contributed by atoms with Crippen LogP contribution < -0.4 is 5.32 Å². The second kappa shape index (κ2) is 8.19. The minimum absolute atomic E-state index is 0.00661. The molecular weight excluding hydrogens is 362 g/mol. The molecule has 1 N–H and O–H groups in total. The number of hydrogen-bond donors (Lipinski definition) is 1. The number of rotatable bonds is 3. The minimum atomic E-state index is 0.00661. The van der Waals surface area contributed by atoms with E-state index in [0.29, 0.717) is 18.7 Å². The van der Waals surface area contributed by atoms with Gasteiger partial charge in [0.15, 0.2) is 0 Å². The molecule has 2 amide bonds. The monoisotopic (exact) mass is 389 g/mol. The summed E-state index contributed by atoms with van der Waals surface area (Å²) >= 11 is 0. The van der Waals surface area contributed by atoms with Gasteiger partial charge in [-0.1, -0.05) is 37.3 Å². The molecule has 0 radical (unpaired) electrons. The number of anilines is 1. The fraction of sp³-hybridized carbons (Fsp3) is 0.375. The van der Waals surface area contributed by atoms with E-state index < -0.39 is 0 Å². The molecule has 150 valence electrons. The summed E-state index contributed by atoms with van der Waals surface area (Å²) in [6.07, 6.45) is 9.40. The number of carbonyl (C=O) groups excluding carboxylic acids is 2. The van der Waals surface area contributed by atoms with Crippen molar-refractivity contribution in [3.8, 4) is 0 Å².